The minimum atomic E-state index is -0.303. The van der Waals surface area contributed by atoms with E-state index in [4.69, 9.17) is 0 Å². The van der Waals surface area contributed by atoms with Gasteiger partial charge in [-0.3, -0.25) is 29.0 Å². The van der Waals surface area contributed by atoms with Gasteiger partial charge in [0.25, 0.3) is 0 Å². The summed E-state index contributed by atoms with van der Waals surface area (Å²) in [6.45, 7) is 0. The summed E-state index contributed by atoms with van der Waals surface area (Å²) in [6.07, 6.45) is 2.09. The van der Waals surface area contributed by atoms with E-state index in [1.54, 1.807) is 0 Å². The van der Waals surface area contributed by atoms with Gasteiger partial charge in [-0.25, -0.2) is 0 Å². The maximum Gasteiger partial charge on any atom is 0.232 e. The second-order valence-electron chi connectivity index (χ2n) is 6.05. The van der Waals surface area contributed by atoms with Crippen LogP contribution >= 0.6 is 0 Å². The number of nitrogens with zero attached hydrogens (tertiary/aromatic N) is 2. The summed E-state index contributed by atoms with van der Waals surface area (Å²) in [5.74, 6) is -1.76. The molecule has 1 aliphatic carbocycles. The van der Waals surface area contributed by atoms with Crippen LogP contribution in [0.3, 0.4) is 0 Å². The third-order valence-electron chi connectivity index (χ3n) is 5.14. The van der Waals surface area contributed by atoms with Crippen molar-refractivity contribution in [1.29, 1.82) is 0 Å². The molecule has 4 amide bonds. The Kier molecular flexibility index (Phi) is 2.92. The first-order valence-corrected chi connectivity index (χ1v) is 7.06. The highest BCUT2D eigenvalue weighted by Gasteiger charge is 2.51. The Balaban J connectivity index is 1.86. The number of imide groups is 2. The maximum absolute atomic E-state index is 12.1. The molecule has 3 rings (SSSR count). The first-order chi connectivity index (χ1) is 9.43. The molecule has 3 fully saturated rings. The van der Waals surface area contributed by atoms with E-state index in [0.29, 0.717) is 25.7 Å². The van der Waals surface area contributed by atoms with E-state index in [1.165, 1.54) is 23.9 Å². The van der Waals surface area contributed by atoms with E-state index in [0.717, 1.165) is 0 Å². The van der Waals surface area contributed by atoms with E-state index in [9.17, 15) is 19.2 Å². The van der Waals surface area contributed by atoms with Crippen LogP contribution in [-0.2, 0) is 19.2 Å². The highest BCUT2D eigenvalue weighted by Crippen LogP contribution is 2.42. The number of carbonyl (C=O) groups is 4. The number of carbonyl (C=O) groups excluding carboxylic acids is 4. The van der Waals surface area contributed by atoms with Crippen molar-refractivity contribution in [1.82, 2.24) is 9.80 Å². The standard InChI is InChI=1S/C14H18N2O4/c1-15-11(17)7-3-5-9-10(6-4-8(7)12(15)18)14(20)16(2)13(9)19/h7-10H,3-6H2,1-2H3. The zero-order valence-electron chi connectivity index (χ0n) is 11.7. The summed E-state index contributed by atoms with van der Waals surface area (Å²) < 4.78 is 0. The van der Waals surface area contributed by atoms with Crippen LogP contribution in [0.4, 0.5) is 0 Å². The van der Waals surface area contributed by atoms with Gasteiger partial charge in [0.15, 0.2) is 0 Å². The Bertz CT molecular complexity index is 425. The van der Waals surface area contributed by atoms with Gasteiger partial charge in [0.2, 0.25) is 23.6 Å². The van der Waals surface area contributed by atoms with Crippen molar-refractivity contribution >= 4 is 23.6 Å². The highest BCUT2D eigenvalue weighted by atomic mass is 16.2. The van der Waals surface area contributed by atoms with Gasteiger partial charge in [0.05, 0.1) is 23.7 Å². The molecular weight excluding hydrogens is 260 g/mol. The van der Waals surface area contributed by atoms with E-state index in [-0.39, 0.29) is 47.3 Å². The van der Waals surface area contributed by atoms with Crippen molar-refractivity contribution in [2.75, 3.05) is 14.1 Å². The average Bonchev–Trinajstić information content (AvgIpc) is 2.72. The molecule has 4 atom stereocenters. The number of amides is 4. The highest BCUT2D eigenvalue weighted by molar-refractivity contribution is 6.06. The van der Waals surface area contributed by atoms with Gasteiger partial charge in [0.1, 0.15) is 0 Å². The Morgan fingerprint density at radius 3 is 1.00 bits per heavy atom. The third kappa shape index (κ3) is 1.63. The van der Waals surface area contributed by atoms with Crippen molar-refractivity contribution in [3.05, 3.63) is 0 Å². The Morgan fingerprint density at radius 1 is 0.600 bits per heavy atom. The van der Waals surface area contributed by atoms with Gasteiger partial charge < -0.3 is 0 Å². The van der Waals surface area contributed by atoms with Crippen molar-refractivity contribution in [2.45, 2.75) is 25.7 Å². The zero-order chi connectivity index (χ0) is 14.6. The van der Waals surface area contributed by atoms with E-state index < -0.39 is 0 Å². The molecule has 0 N–H and O–H groups in total. The lowest BCUT2D eigenvalue weighted by Crippen LogP contribution is -2.27. The molecule has 108 valence electrons. The summed E-state index contributed by atoms with van der Waals surface area (Å²) in [6, 6.07) is 0. The lowest BCUT2D eigenvalue weighted by Gasteiger charge is -2.24. The molecule has 0 bridgehead atoms. The molecule has 3 aliphatic rings. The molecule has 1 saturated carbocycles. The van der Waals surface area contributed by atoms with E-state index in [1.807, 2.05) is 0 Å². The Hall–Kier alpha value is -1.72. The van der Waals surface area contributed by atoms with Gasteiger partial charge in [-0.2, -0.15) is 0 Å². The van der Waals surface area contributed by atoms with E-state index >= 15 is 0 Å². The molecule has 20 heavy (non-hydrogen) atoms. The lowest BCUT2D eigenvalue weighted by molar-refractivity contribution is -0.140. The molecule has 2 saturated heterocycles. The summed E-state index contributed by atoms with van der Waals surface area (Å²) in [5.41, 5.74) is 0. The van der Waals surface area contributed by atoms with Crippen LogP contribution in [0.2, 0.25) is 0 Å². The lowest BCUT2D eigenvalue weighted by atomic mass is 9.76. The minimum absolute atomic E-state index is 0.136. The summed E-state index contributed by atoms with van der Waals surface area (Å²) >= 11 is 0. The largest absolute Gasteiger partial charge is 0.285 e. The normalized spacial score (nSPS) is 37.9. The number of hydrogen-bond donors (Lipinski definition) is 0. The molecule has 0 aromatic rings. The number of likely N-dealkylation sites (tertiary alicyclic amines) is 2. The topological polar surface area (TPSA) is 74.8 Å². The second-order valence-corrected chi connectivity index (χ2v) is 6.05. The number of hydrogen-bond acceptors (Lipinski definition) is 4. The molecule has 4 unspecified atom stereocenters. The van der Waals surface area contributed by atoms with Crippen LogP contribution in [0.1, 0.15) is 25.7 Å². The molecule has 2 heterocycles. The third-order valence-corrected chi connectivity index (χ3v) is 5.14. The van der Waals surface area contributed by atoms with Gasteiger partial charge in [0, 0.05) is 14.1 Å². The fourth-order valence-electron chi connectivity index (χ4n) is 3.92. The predicted octanol–water partition coefficient (Wildman–Crippen LogP) is 0.0224. The van der Waals surface area contributed by atoms with Gasteiger partial charge in [-0.15, -0.1) is 0 Å². The van der Waals surface area contributed by atoms with Crippen LogP contribution in [-0.4, -0.2) is 47.5 Å². The monoisotopic (exact) mass is 278 g/mol. The first kappa shape index (κ1) is 13.3. The van der Waals surface area contributed by atoms with Crippen molar-refractivity contribution in [3.8, 4) is 0 Å². The van der Waals surface area contributed by atoms with Gasteiger partial charge in [-0.1, -0.05) is 0 Å². The van der Waals surface area contributed by atoms with E-state index in [2.05, 4.69) is 0 Å². The molecule has 0 radical (unpaired) electrons. The summed E-state index contributed by atoms with van der Waals surface area (Å²) in [5, 5.41) is 0. The molecular formula is C14H18N2O4. The number of rotatable bonds is 0. The molecule has 0 aromatic carbocycles. The minimum Gasteiger partial charge on any atom is -0.285 e. The molecule has 0 aromatic heterocycles. The maximum atomic E-state index is 12.1. The molecule has 6 nitrogen and oxygen atoms in total. The quantitative estimate of drug-likeness (QED) is 0.586. The van der Waals surface area contributed by atoms with Crippen LogP contribution in [0.15, 0.2) is 0 Å². The van der Waals surface area contributed by atoms with Crippen molar-refractivity contribution in [2.24, 2.45) is 23.7 Å². The van der Waals surface area contributed by atoms with Gasteiger partial charge >= 0.3 is 0 Å². The zero-order valence-corrected chi connectivity index (χ0v) is 11.7. The predicted molar refractivity (Wildman–Crippen MR) is 68.0 cm³/mol. The summed E-state index contributed by atoms with van der Waals surface area (Å²) in [4.78, 5) is 50.6. The Labute approximate surface area is 117 Å². The fourth-order valence-corrected chi connectivity index (χ4v) is 3.92. The van der Waals surface area contributed by atoms with Crippen LogP contribution in [0.25, 0.3) is 0 Å². The fraction of sp³-hybridized carbons (Fsp3) is 0.714. The molecule has 2 aliphatic heterocycles. The van der Waals surface area contributed by atoms with Gasteiger partial charge in [-0.05, 0) is 25.7 Å². The SMILES string of the molecule is CN1C(=O)C2CCC3C(=O)N(C)C(=O)C3CCC2C1=O. The summed E-state index contributed by atoms with van der Waals surface area (Å²) in [7, 11) is 3.03. The second kappa shape index (κ2) is 4.40. The van der Waals surface area contributed by atoms with Crippen molar-refractivity contribution in [3.63, 3.8) is 0 Å². The Morgan fingerprint density at radius 2 is 0.800 bits per heavy atom. The average molecular weight is 278 g/mol. The first-order valence-electron chi connectivity index (χ1n) is 7.06. The van der Waals surface area contributed by atoms with Crippen LogP contribution < -0.4 is 0 Å². The smallest absolute Gasteiger partial charge is 0.232 e. The number of fused-ring (bicyclic) bond motifs is 2. The molecule has 6 heteroatoms. The van der Waals surface area contributed by atoms with Crippen molar-refractivity contribution < 1.29 is 19.2 Å². The van der Waals surface area contributed by atoms with Crippen LogP contribution in [0.5, 0.6) is 0 Å². The van der Waals surface area contributed by atoms with Crippen LogP contribution in [0, 0.1) is 23.7 Å². The molecule has 0 spiro atoms.